The van der Waals surface area contributed by atoms with Gasteiger partial charge in [0.05, 0.1) is 9.88 Å². The van der Waals surface area contributed by atoms with Crippen LogP contribution in [0.4, 0.5) is 4.39 Å². The van der Waals surface area contributed by atoms with Gasteiger partial charge >= 0.3 is 0 Å². The van der Waals surface area contributed by atoms with Gasteiger partial charge in [-0.05, 0) is 37.5 Å². The number of hydrogen-bond donors (Lipinski definition) is 1. The Labute approximate surface area is 132 Å². The van der Waals surface area contributed by atoms with E-state index < -0.39 is 0 Å². The molecule has 1 aromatic heterocycles. The van der Waals surface area contributed by atoms with Crippen LogP contribution in [-0.2, 0) is 0 Å². The number of likely N-dealkylation sites (tertiary alicyclic amines) is 1. The van der Waals surface area contributed by atoms with Crippen molar-refractivity contribution in [3.63, 3.8) is 0 Å². The monoisotopic (exact) mass is 319 g/mol. The number of piperidine rings is 1. The van der Waals surface area contributed by atoms with Crippen LogP contribution in [-0.4, -0.2) is 34.9 Å². The number of nitrogens with zero attached hydrogens (tertiary/aromatic N) is 2. The average Bonchev–Trinajstić information content (AvgIpc) is 2.88. The third kappa shape index (κ3) is 3.03. The highest BCUT2D eigenvalue weighted by Gasteiger charge is 2.27. The maximum absolute atomic E-state index is 13.5. The highest BCUT2D eigenvalue weighted by Crippen LogP contribution is 2.31. The minimum atomic E-state index is -0.318. The number of halogens is 1. The first-order valence-electron chi connectivity index (χ1n) is 7.33. The van der Waals surface area contributed by atoms with Crippen molar-refractivity contribution in [3.05, 3.63) is 40.8 Å². The number of carbonyl (C=O) groups is 1. The summed E-state index contributed by atoms with van der Waals surface area (Å²) in [5.74, 6) is -0.430. The summed E-state index contributed by atoms with van der Waals surface area (Å²) in [5, 5.41) is 0.795. The van der Waals surface area contributed by atoms with Crippen LogP contribution in [0, 0.1) is 12.7 Å². The summed E-state index contributed by atoms with van der Waals surface area (Å²) in [6, 6.07) is 6.29. The first kappa shape index (κ1) is 15.1. The van der Waals surface area contributed by atoms with Crippen LogP contribution in [0.25, 0.3) is 10.4 Å². The Hall–Kier alpha value is -1.79. The van der Waals surface area contributed by atoms with Crippen LogP contribution >= 0.6 is 11.3 Å². The summed E-state index contributed by atoms with van der Waals surface area (Å²) in [5.41, 5.74) is 7.05. The Morgan fingerprint density at radius 2 is 2.32 bits per heavy atom. The average molecular weight is 319 g/mol. The molecule has 1 aliphatic rings. The molecule has 2 N–H and O–H groups in total. The first-order valence-corrected chi connectivity index (χ1v) is 8.14. The van der Waals surface area contributed by atoms with Gasteiger partial charge in [-0.1, -0.05) is 12.1 Å². The molecule has 1 amide bonds. The Balaban J connectivity index is 1.95. The summed E-state index contributed by atoms with van der Waals surface area (Å²) in [7, 11) is 0. The number of hydrogen-bond acceptors (Lipinski definition) is 4. The molecule has 2 aromatic rings. The van der Waals surface area contributed by atoms with Gasteiger partial charge in [0.25, 0.3) is 5.91 Å². The van der Waals surface area contributed by atoms with E-state index in [0.717, 1.165) is 22.7 Å². The van der Waals surface area contributed by atoms with Crippen LogP contribution in [0.15, 0.2) is 24.3 Å². The lowest BCUT2D eigenvalue weighted by Gasteiger charge is -2.30. The molecule has 2 heterocycles. The molecular formula is C16H18FN3OS. The number of aryl methyl sites for hydroxylation is 1. The first-order chi connectivity index (χ1) is 10.5. The van der Waals surface area contributed by atoms with Gasteiger partial charge < -0.3 is 10.6 Å². The van der Waals surface area contributed by atoms with E-state index in [2.05, 4.69) is 4.98 Å². The molecule has 0 bridgehead atoms. The molecule has 0 radical (unpaired) electrons. The van der Waals surface area contributed by atoms with Crippen LogP contribution in [0.5, 0.6) is 0 Å². The fourth-order valence-corrected chi connectivity index (χ4v) is 3.65. The second kappa shape index (κ2) is 6.14. The van der Waals surface area contributed by atoms with Crippen molar-refractivity contribution in [3.8, 4) is 10.4 Å². The minimum Gasteiger partial charge on any atom is -0.336 e. The summed E-state index contributed by atoms with van der Waals surface area (Å²) in [6.45, 7) is 3.11. The fraction of sp³-hybridized carbons (Fsp3) is 0.375. The maximum atomic E-state index is 13.5. The summed E-state index contributed by atoms with van der Waals surface area (Å²) in [6.07, 6.45) is 1.85. The predicted molar refractivity (Wildman–Crippen MR) is 85.4 cm³/mol. The van der Waals surface area contributed by atoms with E-state index in [-0.39, 0.29) is 17.8 Å². The third-order valence-electron chi connectivity index (χ3n) is 3.77. The van der Waals surface area contributed by atoms with Crippen LogP contribution in [0.3, 0.4) is 0 Å². The number of rotatable bonds is 2. The van der Waals surface area contributed by atoms with Crippen molar-refractivity contribution >= 4 is 17.2 Å². The van der Waals surface area contributed by atoms with E-state index in [9.17, 15) is 9.18 Å². The Morgan fingerprint density at radius 1 is 1.50 bits per heavy atom. The molecule has 4 nitrogen and oxygen atoms in total. The van der Waals surface area contributed by atoms with Crippen molar-refractivity contribution in [2.24, 2.45) is 5.73 Å². The van der Waals surface area contributed by atoms with E-state index in [1.165, 1.54) is 23.5 Å². The van der Waals surface area contributed by atoms with E-state index in [4.69, 9.17) is 5.73 Å². The summed E-state index contributed by atoms with van der Waals surface area (Å²) >= 11 is 1.41. The van der Waals surface area contributed by atoms with Crippen LogP contribution in [0.1, 0.15) is 28.3 Å². The zero-order valence-corrected chi connectivity index (χ0v) is 13.2. The molecule has 1 aromatic carbocycles. The van der Waals surface area contributed by atoms with Crippen molar-refractivity contribution < 1.29 is 9.18 Å². The highest BCUT2D eigenvalue weighted by atomic mass is 32.1. The summed E-state index contributed by atoms with van der Waals surface area (Å²) < 4.78 is 13.5. The minimum absolute atomic E-state index is 0.0232. The lowest BCUT2D eigenvalue weighted by molar-refractivity contribution is 0.0704. The Kier molecular flexibility index (Phi) is 4.22. The number of thiazole rings is 1. The molecule has 3 rings (SSSR count). The quantitative estimate of drug-likeness (QED) is 0.926. The normalized spacial score (nSPS) is 18.5. The van der Waals surface area contributed by atoms with Crippen molar-refractivity contribution in [2.75, 3.05) is 13.1 Å². The Bertz CT molecular complexity index is 700. The SMILES string of the molecule is Cc1nc(C(=O)N2CCCC(N)C2)c(-c2cccc(F)c2)s1. The topological polar surface area (TPSA) is 59.2 Å². The number of aromatic nitrogens is 1. The van der Waals surface area contributed by atoms with E-state index in [0.29, 0.717) is 24.3 Å². The number of amides is 1. The molecule has 0 saturated carbocycles. The van der Waals surface area contributed by atoms with E-state index in [1.807, 2.05) is 6.92 Å². The van der Waals surface area contributed by atoms with Gasteiger partial charge in [0, 0.05) is 19.1 Å². The lowest BCUT2D eigenvalue weighted by Crippen LogP contribution is -2.45. The molecule has 1 atom stereocenters. The van der Waals surface area contributed by atoms with Gasteiger partial charge in [-0.2, -0.15) is 0 Å². The van der Waals surface area contributed by atoms with Gasteiger partial charge in [-0.25, -0.2) is 9.37 Å². The van der Waals surface area contributed by atoms with E-state index >= 15 is 0 Å². The van der Waals surface area contributed by atoms with Crippen molar-refractivity contribution in [1.29, 1.82) is 0 Å². The Morgan fingerprint density at radius 3 is 3.05 bits per heavy atom. The number of nitrogens with two attached hydrogens (primary N) is 1. The zero-order chi connectivity index (χ0) is 15.7. The largest absolute Gasteiger partial charge is 0.336 e. The van der Waals surface area contributed by atoms with Gasteiger partial charge in [-0.15, -0.1) is 11.3 Å². The van der Waals surface area contributed by atoms with E-state index in [1.54, 1.807) is 17.0 Å². The molecule has 1 aliphatic heterocycles. The molecule has 1 unspecified atom stereocenters. The summed E-state index contributed by atoms with van der Waals surface area (Å²) in [4.78, 5) is 19.6. The van der Waals surface area contributed by atoms with Gasteiger partial charge in [0.15, 0.2) is 0 Å². The molecule has 6 heteroatoms. The highest BCUT2D eigenvalue weighted by molar-refractivity contribution is 7.15. The molecular weight excluding hydrogens is 301 g/mol. The maximum Gasteiger partial charge on any atom is 0.274 e. The smallest absolute Gasteiger partial charge is 0.274 e. The van der Waals surface area contributed by atoms with Gasteiger partial charge in [0.2, 0.25) is 0 Å². The van der Waals surface area contributed by atoms with Crippen LogP contribution < -0.4 is 5.73 Å². The second-order valence-electron chi connectivity index (χ2n) is 5.57. The zero-order valence-electron chi connectivity index (χ0n) is 12.4. The third-order valence-corrected chi connectivity index (χ3v) is 4.79. The molecule has 1 fully saturated rings. The number of benzene rings is 1. The van der Waals surface area contributed by atoms with Crippen molar-refractivity contribution in [1.82, 2.24) is 9.88 Å². The number of carbonyl (C=O) groups excluding carboxylic acids is 1. The molecule has 1 saturated heterocycles. The standard InChI is InChI=1S/C16H18FN3OS/c1-10-19-14(16(21)20-7-3-6-13(18)9-20)15(22-10)11-4-2-5-12(17)8-11/h2,4-5,8,13H,3,6-7,9,18H2,1H3. The van der Waals surface area contributed by atoms with Gasteiger partial charge in [0.1, 0.15) is 11.5 Å². The molecule has 116 valence electrons. The van der Waals surface area contributed by atoms with Crippen molar-refractivity contribution in [2.45, 2.75) is 25.8 Å². The molecule has 0 spiro atoms. The van der Waals surface area contributed by atoms with Gasteiger partial charge in [-0.3, -0.25) is 4.79 Å². The lowest BCUT2D eigenvalue weighted by atomic mass is 10.1. The molecule has 0 aliphatic carbocycles. The predicted octanol–water partition coefficient (Wildman–Crippen LogP) is 2.82. The van der Waals surface area contributed by atoms with Crippen LogP contribution in [0.2, 0.25) is 0 Å². The fourth-order valence-electron chi connectivity index (χ4n) is 2.74. The second-order valence-corrected chi connectivity index (χ2v) is 6.78. The molecule has 22 heavy (non-hydrogen) atoms.